The van der Waals surface area contributed by atoms with Crippen LogP contribution in [0.3, 0.4) is 0 Å². The van der Waals surface area contributed by atoms with Crippen LogP contribution in [0.2, 0.25) is 0 Å². The third-order valence-electron chi connectivity index (χ3n) is 2.99. The minimum absolute atomic E-state index is 0.317. The maximum absolute atomic E-state index is 12.2. The summed E-state index contributed by atoms with van der Waals surface area (Å²) in [5, 5.41) is 3.28. The number of hydrogen-bond acceptors (Lipinski definition) is 4. The molecule has 6 heteroatoms. The van der Waals surface area contributed by atoms with Crippen molar-refractivity contribution in [3.8, 4) is 0 Å². The number of unbranched alkanes of at least 4 members (excludes halogenated alkanes) is 1. The molecule has 1 aromatic rings. The topological polar surface area (TPSA) is 67.4 Å². The van der Waals surface area contributed by atoms with Gasteiger partial charge in [-0.2, -0.15) is 0 Å². The van der Waals surface area contributed by atoms with E-state index < -0.39 is 10.0 Å². The lowest BCUT2D eigenvalue weighted by Gasteiger charge is -2.10. The standard InChI is InChI=1S/C15H26N2O3S/c1-13(2)16-12-14-7-6-8-15(11-14)21(18,19)17-9-4-5-10-20-3/h6-8,11,13,16-17H,4-5,9-10,12H2,1-3H3. The average molecular weight is 314 g/mol. The highest BCUT2D eigenvalue weighted by atomic mass is 32.2. The summed E-state index contributed by atoms with van der Waals surface area (Å²) in [5.74, 6) is 0. The van der Waals surface area contributed by atoms with Gasteiger partial charge >= 0.3 is 0 Å². The van der Waals surface area contributed by atoms with Crippen LogP contribution >= 0.6 is 0 Å². The van der Waals surface area contributed by atoms with Gasteiger partial charge in [-0.15, -0.1) is 0 Å². The summed E-state index contributed by atoms with van der Waals surface area (Å²) in [6, 6.07) is 7.40. The van der Waals surface area contributed by atoms with E-state index in [0.717, 1.165) is 18.4 Å². The third-order valence-corrected chi connectivity index (χ3v) is 4.45. The van der Waals surface area contributed by atoms with E-state index in [2.05, 4.69) is 23.9 Å². The molecule has 5 nitrogen and oxygen atoms in total. The predicted octanol–water partition coefficient (Wildman–Crippen LogP) is 1.89. The summed E-state index contributed by atoms with van der Waals surface area (Å²) in [4.78, 5) is 0.317. The fourth-order valence-electron chi connectivity index (χ4n) is 1.81. The van der Waals surface area contributed by atoms with Crippen LogP contribution in [0.1, 0.15) is 32.3 Å². The van der Waals surface area contributed by atoms with E-state index in [1.54, 1.807) is 25.3 Å². The molecule has 0 aliphatic carbocycles. The van der Waals surface area contributed by atoms with E-state index in [0.29, 0.717) is 30.6 Å². The zero-order chi connectivity index (χ0) is 15.7. The quantitative estimate of drug-likeness (QED) is 0.647. The van der Waals surface area contributed by atoms with Crippen LogP contribution in [-0.4, -0.2) is 34.7 Å². The Kier molecular flexibility index (Phi) is 7.88. The van der Waals surface area contributed by atoms with Gasteiger partial charge in [0.25, 0.3) is 0 Å². The number of hydrogen-bond donors (Lipinski definition) is 2. The van der Waals surface area contributed by atoms with Crippen molar-refractivity contribution in [1.29, 1.82) is 0 Å². The highest BCUT2D eigenvalue weighted by Crippen LogP contribution is 2.11. The van der Waals surface area contributed by atoms with Crippen molar-refractivity contribution in [3.05, 3.63) is 29.8 Å². The molecular formula is C15H26N2O3S. The van der Waals surface area contributed by atoms with Crippen molar-refractivity contribution in [3.63, 3.8) is 0 Å². The van der Waals surface area contributed by atoms with E-state index in [-0.39, 0.29) is 0 Å². The van der Waals surface area contributed by atoms with Gasteiger partial charge in [-0.05, 0) is 30.5 Å². The summed E-state index contributed by atoms with van der Waals surface area (Å²) in [5.41, 5.74) is 0.964. The summed E-state index contributed by atoms with van der Waals surface area (Å²) in [7, 11) is -1.79. The summed E-state index contributed by atoms with van der Waals surface area (Å²) < 4.78 is 31.9. The lowest BCUT2D eigenvalue weighted by molar-refractivity contribution is 0.193. The van der Waals surface area contributed by atoms with Gasteiger partial charge in [-0.25, -0.2) is 13.1 Å². The monoisotopic (exact) mass is 314 g/mol. The zero-order valence-electron chi connectivity index (χ0n) is 13.1. The molecule has 1 aromatic carbocycles. The first-order valence-electron chi connectivity index (χ1n) is 7.26. The van der Waals surface area contributed by atoms with Crippen LogP contribution in [-0.2, 0) is 21.3 Å². The van der Waals surface area contributed by atoms with E-state index >= 15 is 0 Å². The first-order chi connectivity index (χ1) is 9.95. The van der Waals surface area contributed by atoms with Crippen molar-refractivity contribution >= 4 is 10.0 Å². The SMILES string of the molecule is COCCCCNS(=O)(=O)c1cccc(CNC(C)C)c1. The molecule has 120 valence electrons. The van der Waals surface area contributed by atoms with Crippen molar-refractivity contribution in [2.45, 2.75) is 44.2 Å². The molecule has 0 saturated heterocycles. The van der Waals surface area contributed by atoms with Crippen molar-refractivity contribution < 1.29 is 13.2 Å². The second-order valence-corrected chi connectivity index (χ2v) is 7.05. The number of benzene rings is 1. The fraction of sp³-hybridized carbons (Fsp3) is 0.600. The maximum atomic E-state index is 12.2. The average Bonchev–Trinajstić information content (AvgIpc) is 2.45. The molecule has 21 heavy (non-hydrogen) atoms. The van der Waals surface area contributed by atoms with E-state index in [1.165, 1.54) is 0 Å². The lowest BCUT2D eigenvalue weighted by Crippen LogP contribution is -2.25. The van der Waals surface area contributed by atoms with Gasteiger partial charge in [0.15, 0.2) is 0 Å². The van der Waals surface area contributed by atoms with E-state index in [1.807, 2.05) is 6.07 Å². The summed E-state index contributed by atoms with van der Waals surface area (Å²) >= 11 is 0. The molecule has 0 radical (unpaired) electrons. The smallest absolute Gasteiger partial charge is 0.240 e. The van der Waals surface area contributed by atoms with Crippen LogP contribution in [0.4, 0.5) is 0 Å². The first kappa shape index (κ1) is 18.1. The normalized spacial score (nSPS) is 12.0. The van der Waals surface area contributed by atoms with Gasteiger partial charge in [-0.1, -0.05) is 26.0 Å². The second-order valence-electron chi connectivity index (χ2n) is 5.28. The molecule has 0 atom stereocenters. The minimum atomic E-state index is -3.43. The molecule has 0 saturated carbocycles. The predicted molar refractivity (Wildman–Crippen MR) is 84.7 cm³/mol. The lowest BCUT2D eigenvalue weighted by atomic mass is 10.2. The Morgan fingerprint density at radius 3 is 2.67 bits per heavy atom. The van der Waals surface area contributed by atoms with Crippen molar-refractivity contribution in [2.75, 3.05) is 20.3 Å². The molecule has 0 heterocycles. The van der Waals surface area contributed by atoms with Crippen LogP contribution in [0.15, 0.2) is 29.2 Å². The number of methoxy groups -OCH3 is 1. The zero-order valence-corrected chi connectivity index (χ0v) is 13.9. The molecule has 1 rings (SSSR count). The summed E-state index contributed by atoms with van der Waals surface area (Å²) in [6.07, 6.45) is 1.61. The van der Waals surface area contributed by atoms with Crippen LogP contribution in [0.5, 0.6) is 0 Å². The third kappa shape index (κ3) is 7.04. The number of nitrogens with one attached hydrogen (secondary N) is 2. The van der Waals surface area contributed by atoms with Gasteiger partial charge in [-0.3, -0.25) is 0 Å². The molecule has 0 aromatic heterocycles. The van der Waals surface area contributed by atoms with Crippen molar-refractivity contribution in [1.82, 2.24) is 10.0 Å². The van der Waals surface area contributed by atoms with Gasteiger partial charge < -0.3 is 10.1 Å². The molecule has 0 spiro atoms. The van der Waals surface area contributed by atoms with Gasteiger partial charge in [0.1, 0.15) is 0 Å². The van der Waals surface area contributed by atoms with Crippen LogP contribution in [0.25, 0.3) is 0 Å². The van der Waals surface area contributed by atoms with E-state index in [9.17, 15) is 8.42 Å². The molecule has 2 N–H and O–H groups in total. The molecule has 0 aliphatic rings. The summed E-state index contributed by atoms with van der Waals surface area (Å²) in [6.45, 7) is 5.86. The van der Waals surface area contributed by atoms with Gasteiger partial charge in [0.2, 0.25) is 10.0 Å². The molecule has 0 fully saturated rings. The number of sulfonamides is 1. The Morgan fingerprint density at radius 2 is 2.00 bits per heavy atom. The van der Waals surface area contributed by atoms with Gasteiger partial charge in [0, 0.05) is 32.8 Å². The largest absolute Gasteiger partial charge is 0.385 e. The fourth-order valence-corrected chi connectivity index (χ4v) is 2.95. The Hall–Kier alpha value is -0.950. The minimum Gasteiger partial charge on any atom is -0.385 e. The first-order valence-corrected chi connectivity index (χ1v) is 8.75. The molecule has 0 amide bonds. The Morgan fingerprint density at radius 1 is 1.24 bits per heavy atom. The highest BCUT2D eigenvalue weighted by Gasteiger charge is 2.13. The Bertz CT molecular complexity index is 515. The maximum Gasteiger partial charge on any atom is 0.240 e. The van der Waals surface area contributed by atoms with Crippen LogP contribution in [0, 0.1) is 0 Å². The van der Waals surface area contributed by atoms with Crippen LogP contribution < -0.4 is 10.0 Å². The Balaban J connectivity index is 2.59. The highest BCUT2D eigenvalue weighted by molar-refractivity contribution is 7.89. The van der Waals surface area contributed by atoms with Gasteiger partial charge in [0.05, 0.1) is 4.90 Å². The Labute approximate surface area is 128 Å². The molecule has 0 aliphatic heterocycles. The number of ether oxygens (including phenoxy) is 1. The molecular weight excluding hydrogens is 288 g/mol. The molecule has 0 unspecified atom stereocenters. The number of rotatable bonds is 10. The van der Waals surface area contributed by atoms with E-state index in [4.69, 9.17) is 4.74 Å². The van der Waals surface area contributed by atoms with Crippen molar-refractivity contribution in [2.24, 2.45) is 0 Å². The molecule has 0 bridgehead atoms. The second kappa shape index (κ2) is 9.15.